The van der Waals surface area contributed by atoms with Crippen molar-refractivity contribution in [3.05, 3.63) is 120 Å². The van der Waals surface area contributed by atoms with Crippen LogP contribution in [0.15, 0.2) is 114 Å². The van der Waals surface area contributed by atoms with Gasteiger partial charge in [0.15, 0.2) is 5.78 Å². The molecule has 0 fully saturated rings. The molecule has 0 atom stereocenters. The predicted octanol–water partition coefficient (Wildman–Crippen LogP) is 5.54. The number of Topliss-reactive ketones (excluding diaryl/α,β-unsaturated/α-hetero) is 2. The molecule has 6 nitrogen and oxygen atoms in total. The summed E-state index contributed by atoms with van der Waals surface area (Å²) in [6, 6.07) is 26.7. The minimum absolute atomic E-state index is 0.0156. The summed E-state index contributed by atoms with van der Waals surface area (Å²) >= 11 is 0. The highest BCUT2D eigenvalue weighted by Crippen LogP contribution is 2.33. The fraction of sp³-hybridized carbons (Fsp3) is 0.133. The van der Waals surface area contributed by atoms with Crippen molar-refractivity contribution in [2.75, 3.05) is 10.2 Å². The van der Waals surface area contributed by atoms with Gasteiger partial charge in [0.25, 0.3) is 0 Å². The lowest BCUT2D eigenvalue weighted by atomic mass is 9.80. The Hall–Kier alpha value is -4.58. The van der Waals surface area contributed by atoms with Crippen LogP contribution in [0.4, 0.5) is 11.4 Å². The van der Waals surface area contributed by atoms with Crippen LogP contribution in [0.2, 0.25) is 0 Å². The number of rotatable bonds is 6. The van der Waals surface area contributed by atoms with Gasteiger partial charge in [-0.1, -0.05) is 87.5 Å². The molecule has 6 heteroatoms. The summed E-state index contributed by atoms with van der Waals surface area (Å²) in [7, 11) is 0. The van der Waals surface area contributed by atoms with Gasteiger partial charge in [-0.25, -0.2) is 0 Å². The van der Waals surface area contributed by atoms with E-state index in [1.165, 1.54) is 11.0 Å². The maximum Gasteiger partial charge on any atom is 0.215 e. The van der Waals surface area contributed by atoms with Crippen molar-refractivity contribution in [3.63, 3.8) is 0 Å². The van der Waals surface area contributed by atoms with Gasteiger partial charge in [0.2, 0.25) is 11.6 Å². The summed E-state index contributed by atoms with van der Waals surface area (Å²) in [5.74, 6) is -1.62. The summed E-state index contributed by atoms with van der Waals surface area (Å²) < 4.78 is 0. The molecular formula is C30H27N3O3. The van der Waals surface area contributed by atoms with Crippen LogP contribution >= 0.6 is 0 Å². The van der Waals surface area contributed by atoms with Gasteiger partial charge in [-0.15, -0.1) is 0 Å². The largest absolute Gasteiger partial charge is 0.352 e. The van der Waals surface area contributed by atoms with E-state index >= 15 is 0 Å². The number of amidine groups is 1. The normalized spacial score (nSPS) is 13.8. The number of carbonyl (C=O) groups is 3. The molecule has 0 unspecified atom stereocenters. The van der Waals surface area contributed by atoms with Crippen LogP contribution in [-0.4, -0.2) is 23.2 Å². The number of para-hydroxylation sites is 2. The van der Waals surface area contributed by atoms with E-state index in [2.05, 4.69) is 5.32 Å². The third-order valence-electron chi connectivity index (χ3n) is 5.69. The van der Waals surface area contributed by atoms with Crippen molar-refractivity contribution < 1.29 is 14.4 Å². The Bertz CT molecular complexity index is 1380. The Labute approximate surface area is 210 Å². The number of carbonyl (C=O) groups excluding carboxylic acids is 3. The average molecular weight is 478 g/mol. The summed E-state index contributed by atoms with van der Waals surface area (Å²) in [6.07, 6.45) is 1.21. The second-order valence-electron chi connectivity index (χ2n) is 9.43. The molecule has 0 amide bonds. The highest BCUT2D eigenvalue weighted by Gasteiger charge is 2.41. The number of anilines is 2. The summed E-state index contributed by atoms with van der Waals surface area (Å²) in [4.78, 5) is 42.6. The third kappa shape index (κ3) is 4.93. The predicted molar refractivity (Wildman–Crippen MR) is 142 cm³/mol. The molecule has 0 bridgehead atoms. The van der Waals surface area contributed by atoms with Gasteiger partial charge in [-0.05, 0) is 24.3 Å². The van der Waals surface area contributed by atoms with Crippen molar-refractivity contribution in [2.24, 2.45) is 5.41 Å². The average Bonchev–Trinajstić information content (AvgIpc) is 2.88. The minimum Gasteiger partial charge on any atom is -0.352 e. The van der Waals surface area contributed by atoms with Gasteiger partial charge in [-0.3, -0.25) is 24.7 Å². The van der Waals surface area contributed by atoms with E-state index < -0.39 is 22.8 Å². The molecule has 180 valence electrons. The van der Waals surface area contributed by atoms with Crippen LogP contribution in [0.5, 0.6) is 0 Å². The number of allylic oxidation sites excluding steroid dienone is 2. The topological polar surface area (TPSA) is 90.3 Å². The van der Waals surface area contributed by atoms with Crippen molar-refractivity contribution in [3.8, 4) is 0 Å². The first kappa shape index (κ1) is 24.5. The van der Waals surface area contributed by atoms with Crippen molar-refractivity contribution in [1.82, 2.24) is 0 Å². The van der Waals surface area contributed by atoms with Crippen LogP contribution in [0.25, 0.3) is 0 Å². The first-order valence-corrected chi connectivity index (χ1v) is 11.6. The Morgan fingerprint density at radius 1 is 0.806 bits per heavy atom. The number of nitrogens with zero attached hydrogens (tertiary/aromatic N) is 1. The quantitative estimate of drug-likeness (QED) is 0.211. The van der Waals surface area contributed by atoms with E-state index in [-0.39, 0.29) is 22.8 Å². The standard InChI is InChI=1S/C30H27N3O3/c1-30(2,3)28(36)25-26(24(34)19-23(27(25)35)32-21-15-9-5-10-16-21)33(22-17-11-6-12-18-22)29(31)20-13-7-4-8-14-20/h4-19,31-32H,1-3H3. The molecule has 2 N–H and O–H groups in total. The summed E-state index contributed by atoms with van der Waals surface area (Å²) in [6.45, 7) is 5.11. The van der Waals surface area contributed by atoms with E-state index in [9.17, 15) is 14.4 Å². The fourth-order valence-corrected chi connectivity index (χ4v) is 3.88. The smallest absolute Gasteiger partial charge is 0.215 e. The van der Waals surface area contributed by atoms with Gasteiger partial charge in [0, 0.05) is 28.4 Å². The number of hydrogen-bond donors (Lipinski definition) is 2. The van der Waals surface area contributed by atoms with Crippen LogP contribution in [0.3, 0.4) is 0 Å². The van der Waals surface area contributed by atoms with E-state index in [1.54, 1.807) is 93.6 Å². The van der Waals surface area contributed by atoms with Crippen molar-refractivity contribution >= 4 is 34.6 Å². The highest BCUT2D eigenvalue weighted by atomic mass is 16.2. The fourth-order valence-electron chi connectivity index (χ4n) is 3.88. The van der Waals surface area contributed by atoms with Crippen LogP contribution in [-0.2, 0) is 14.4 Å². The van der Waals surface area contributed by atoms with E-state index in [0.29, 0.717) is 16.9 Å². The third-order valence-corrected chi connectivity index (χ3v) is 5.69. The first-order valence-electron chi connectivity index (χ1n) is 11.6. The molecule has 0 aromatic heterocycles. The van der Waals surface area contributed by atoms with Crippen LogP contribution < -0.4 is 10.2 Å². The maximum absolute atomic E-state index is 13.8. The van der Waals surface area contributed by atoms with Crippen molar-refractivity contribution in [1.29, 1.82) is 5.41 Å². The molecular weight excluding hydrogens is 450 g/mol. The Morgan fingerprint density at radius 3 is 1.89 bits per heavy atom. The zero-order valence-electron chi connectivity index (χ0n) is 20.4. The number of hydrogen-bond acceptors (Lipinski definition) is 5. The van der Waals surface area contributed by atoms with Crippen LogP contribution in [0, 0.1) is 10.8 Å². The van der Waals surface area contributed by atoms with Crippen molar-refractivity contribution in [2.45, 2.75) is 20.8 Å². The molecule has 1 aliphatic carbocycles. The summed E-state index contributed by atoms with van der Waals surface area (Å²) in [5.41, 5.74) is 0.359. The van der Waals surface area contributed by atoms with Gasteiger partial charge in [0.05, 0.1) is 11.3 Å². The zero-order chi connectivity index (χ0) is 25.9. The second-order valence-corrected chi connectivity index (χ2v) is 9.43. The first-order chi connectivity index (χ1) is 17.2. The minimum atomic E-state index is -0.941. The lowest BCUT2D eigenvalue weighted by Crippen LogP contribution is -2.41. The molecule has 0 spiro atoms. The van der Waals surface area contributed by atoms with Crippen LogP contribution in [0.1, 0.15) is 26.3 Å². The van der Waals surface area contributed by atoms with Gasteiger partial charge >= 0.3 is 0 Å². The Morgan fingerprint density at radius 2 is 1.33 bits per heavy atom. The number of nitrogens with one attached hydrogen (secondary N) is 2. The van der Waals surface area contributed by atoms with Gasteiger partial charge < -0.3 is 5.32 Å². The second kappa shape index (κ2) is 9.96. The molecule has 0 saturated heterocycles. The molecule has 0 radical (unpaired) electrons. The molecule has 0 heterocycles. The molecule has 36 heavy (non-hydrogen) atoms. The van der Waals surface area contributed by atoms with E-state index in [1.807, 2.05) is 18.2 Å². The number of ketones is 3. The molecule has 0 aliphatic heterocycles. The number of benzene rings is 3. The molecule has 0 saturated carbocycles. The van der Waals surface area contributed by atoms with E-state index in [0.717, 1.165) is 0 Å². The Kier molecular flexibility index (Phi) is 6.79. The monoisotopic (exact) mass is 477 g/mol. The molecule has 4 rings (SSSR count). The Balaban J connectivity index is 1.92. The van der Waals surface area contributed by atoms with E-state index in [4.69, 9.17) is 5.41 Å². The molecule has 3 aromatic carbocycles. The van der Waals surface area contributed by atoms with Gasteiger partial charge in [0.1, 0.15) is 11.5 Å². The highest BCUT2D eigenvalue weighted by molar-refractivity contribution is 6.38. The lowest BCUT2D eigenvalue weighted by molar-refractivity contribution is -0.126. The molecule has 1 aliphatic rings. The molecule has 3 aromatic rings. The lowest BCUT2D eigenvalue weighted by Gasteiger charge is -2.32. The summed E-state index contributed by atoms with van der Waals surface area (Å²) in [5, 5.41) is 12.0. The van der Waals surface area contributed by atoms with Gasteiger partial charge in [-0.2, -0.15) is 0 Å². The zero-order valence-corrected chi connectivity index (χ0v) is 20.4. The maximum atomic E-state index is 13.8. The SMILES string of the molecule is CC(C)(C)C(=O)C1=C(N(C(=N)c2ccccc2)c2ccccc2)C(=O)C=C(Nc2ccccc2)C1=O.